The predicted octanol–water partition coefficient (Wildman–Crippen LogP) is 4.10. The molecule has 2 N–H and O–H groups in total. The molecule has 0 aliphatic carbocycles. The summed E-state index contributed by atoms with van der Waals surface area (Å²) < 4.78 is 0.416. The maximum absolute atomic E-state index is 12.1. The SMILES string of the molecule is O=C(O)c1cc(NC(=O)c2ccc(Cl)nc2Cl)ccc1Br. The molecule has 0 saturated heterocycles. The van der Waals surface area contributed by atoms with Gasteiger partial charge in [0.1, 0.15) is 10.3 Å². The maximum Gasteiger partial charge on any atom is 0.336 e. The molecule has 1 aromatic carbocycles. The molecule has 108 valence electrons. The van der Waals surface area contributed by atoms with Gasteiger partial charge in [0.15, 0.2) is 0 Å². The van der Waals surface area contributed by atoms with E-state index in [0.717, 1.165) is 0 Å². The van der Waals surface area contributed by atoms with Gasteiger partial charge in [-0.3, -0.25) is 4.79 Å². The quantitative estimate of drug-likeness (QED) is 0.774. The van der Waals surface area contributed by atoms with Crippen molar-refractivity contribution < 1.29 is 14.7 Å². The Balaban J connectivity index is 2.27. The fraction of sp³-hybridized carbons (Fsp3) is 0. The number of carbonyl (C=O) groups excluding carboxylic acids is 1. The number of halogens is 3. The minimum Gasteiger partial charge on any atom is -0.478 e. The lowest BCUT2D eigenvalue weighted by molar-refractivity contribution is 0.0695. The zero-order valence-electron chi connectivity index (χ0n) is 10.2. The summed E-state index contributed by atoms with van der Waals surface area (Å²) >= 11 is 14.6. The fourth-order valence-corrected chi connectivity index (χ4v) is 2.39. The van der Waals surface area contributed by atoms with Crippen molar-refractivity contribution in [3.05, 3.63) is 56.2 Å². The largest absolute Gasteiger partial charge is 0.478 e. The number of carboxylic acid groups (broad SMARTS) is 1. The van der Waals surface area contributed by atoms with Crippen LogP contribution in [0.4, 0.5) is 5.69 Å². The van der Waals surface area contributed by atoms with Crippen LogP contribution in [0.5, 0.6) is 0 Å². The summed E-state index contributed by atoms with van der Waals surface area (Å²) in [6, 6.07) is 7.30. The van der Waals surface area contributed by atoms with E-state index < -0.39 is 11.9 Å². The first-order valence-corrected chi connectivity index (χ1v) is 7.09. The number of nitrogens with one attached hydrogen (secondary N) is 1. The standard InChI is InChI=1S/C13H7BrCl2N2O3/c14-9-3-1-6(5-8(9)13(20)21)17-12(19)7-2-4-10(15)18-11(7)16/h1-5H,(H,17,19)(H,20,21). The molecular formula is C13H7BrCl2N2O3. The molecule has 0 unspecified atom stereocenters. The van der Waals surface area contributed by atoms with Gasteiger partial charge < -0.3 is 10.4 Å². The van der Waals surface area contributed by atoms with Crippen LogP contribution in [0.1, 0.15) is 20.7 Å². The smallest absolute Gasteiger partial charge is 0.336 e. The van der Waals surface area contributed by atoms with Crippen LogP contribution in [-0.2, 0) is 0 Å². The molecule has 21 heavy (non-hydrogen) atoms. The molecule has 1 aromatic heterocycles. The molecule has 0 aliphatic heterocycles. The van der Waals surface area contributed by atoms with Crippen molar-refractivity contribution in [2.75, 3.05) is 5.32 Å². The van der Waals surface area contributed by atoms with E-state index in [9.17, 15) is 9.59 Å². The van der Waals surface area contributed by atoms with Crippen molar-refractivity contribution in [3.63, 3.8) is 0 Å². The maximum atomic E-state index is 12.1. The number of benzene rings is 1. The third-order valence-corrected chi connectivity index (χ3v) is 3.70. The van der Waals surface area contributed by atoms with Crippen LogP contribution in [0.25, 0.3) is 0 Å². The first-order valence-electron chi connectivity index (χ1n) is 5.54. The van der Waals surface area contributed by atoms with Gasteiger partial charge in [-0.25, -0.2) is 9.78 Å². The third-order valence-electron chi connectivity index (χ3n) is 2.51. The monoisotopic (exact) mass is 388 g/mol. The molecule has 0 atom stereocenters. The number of aromatic carboxylic acids is 1. The highest BCUT2D eigenvalue weighted by molar-refractivity contribution is 9.10. The number of nitrogens with zero attached hydrogens (tertiary/aromatic N) is 1. The van der Waals surface area contributed by atoms with Crippen LogP contribution in [0, 0.1) is 0 Å². The fourth-order valence-electron chi connectivity index (χ4n) is 1.55. The van der Waals surface area contributed by atoms with Crippen molar-refractivity contribution in [1.82, 2.24) is 4.98 Å². The Bertz CT molecular complexity index is 737. The van der Waals surface area contributed by atoms with E-state index in [2.05, 4.69) is 26.2 Å². The van der Waals surface area contributed by atoms with E-state index in [-0.39, 0.29) is 21.4 Å². The number of amides is 1. The zero-order chi connectivity index (χ0) is 15.6. The number of carbonyl (C=O) groups is 2. The van der Waals surface area contributed by atoms with Gasteiger partial charge >= 0.3 is 5.97 Å². The summed E-state index contributed by atoms with van der Waals surface area (Å²) in [5, 5.41) is 11.7. The highest BCUT2D eigenvalue weighted by atomic mass is 79.9. The normalized spacial score (nSPS) is 10.2. The van der Waals surface area contributed by atoms with Gasteiger partial charge in [-0.2, -0.15) is 0 Å². The summed E-state index contributed by atoms with van der Waals surface area (Å²) in [6.45, 7) is 0. The predicted molar refractivity (Wildman–Crippen MR) is 83.3 cm³/mol. The van der Waals surface area contributed by atoms with E-state index in [1.165, 1.54) is 24.3 Å². The van der Waals surface area contributed by atoms with Gasteiger partial charge in [-0.1, -0.05) is 23.2 Å². The van der Waals surface area contributed by atoms with E-state index in [0.29, 0.717) is 10.2 Å². The molecule has 0 saturated carbocycles. The number of pyridine rings is 1. The minimum atomic E-state index is -1.11. The van der Waals surface area contributed by atoms with Crippen LogP contribution in [0.2, 0.25) is 10.3 Å². The van der Waals surface area contributed by atoms with Crippen LogP contribution >= 0.6 is 39.1 Å². The van der Waals surface area contributed by atoms with Gasteiger partial charge in [-0.15, -0.1) is 0 Å². The second kappa shape index (κ2) is 6.43. The van der Waals surface area contributed by atoms with Gasteiger partial charge in [0.25, 0.3) is 5.91 Å². The summed E-state index contributed by atoms with van der Waals surface area (Å²) in [5.41, 5.74) is 0.501. The third kappa shape index (κ3) is 3.72. The lowest BCUT2D eigenvalue weighted by atomic mass is 10.2. The van der Waals surface area contributed by atoms with E-state index in [1.807, 2.05) is 0 Å². The molecule has 1 heterocycles. The Kier molecular flexibility index (Phi) is 4.82. The highest BCUT2D eigenvalue weighted by Gasteiger charge is 2.14. The average molecular weight is 390 g/mol. The zero-order valence-corrected chi connectivity index (χ0v) is 13.3. The van der Waals surface area contributed by atoms with Crippen LogP contribution in [0.15, 0.2) is 34.8 Å². The van der Waals surface area contributed by atoms with Gasteiger partial charge in [-0.05, 0) is 46.3 Å². The molecule has 0 bridgehead atoms. The number of hydrogen-bond acceptors (Lipinski definition) is 3. The van der Waals surface area contributed by atoms with E-state index >= 15 is 0 Å². The minimum absolute atomic E-state index is 0.0319. The number of aromatic nitrogens is 1. The highest BCUT2D eigenvalue weighted by Crippen LogP contribution is 2.23. The molecule has 0 aliphatic rings. The molecule has 0 spiro atoms. The molecule has 0 radical (unpaired) electrons. The molecule has 2 aromatic rings. The first-order chi connectivity index (χ1) is 9.88. The summed E-state index contributed by atoms with van der Waals surface area (Å²) in [6.07, 6.45) is 0. The molecule has 8 heteroatoms. The van der Waals surface area contributed by atoms with Crippen LogP contribution < -0.4 is 5.32 Å². The Morgan fingerprint density at radius 3 is 2.48 bits per heavy atom. The van der Waals surface area contributed by atoms with Gasteiger partial charge in [0, 0.05) is 10.2 Å². The molecule has 2 rings (SSSR count). The Labute approximate surface area is 138 Å². The summed E-state index contributed by atoms with van der Waals surface area (Å²) in [4.78, 5) is 26.9. The Morgan fingerprint density at radius 1 is 1.14 bits per heavy atom. The van der Waals surface area contributed by atoms with Crippen LogP contribution in [0.3, 0.4) is 0 Å². The topological polar surface area (TPSA) is 79.3 Å². The number of carboxylic acids is 1. The first kappa shape index (κ1) is 15.8. The summed E-state index contributed by atoms with van der Waals surface area (Å²) in [5.74, 6) is -1.62. The summed E-state index contributed by atoms with van der Waals surface area (Å²) in [7, 11) is 0. The number of anilines is 1. The second-order valence-corrected chi connectivity index (χ2v) is 5.53. The number of hydrogen-bond donors (Lipinski definition) is 2. The van der Waals surface area contributed by atoms with Crippen molar-refractivity contribution in [2.45, 2.75) is 0 Å². The second-order valence-electron chi connectivity index (χ2n) is 3.93. The molecule has 0 fully saturated rings. The van der Waals surface area contributed by atoms with E-state index in [4.69, 9.17) is 28.3 Å². The molecular weight excluding hydrogens is 383 g/mol. The van der Waals surface area contributed by atoms with Crippen molar-refractivity contribution >= 4 is 56.7 Å². The Hall–Kier alpha value is -1.63. The van der Waals surface area contributed by atoms with E-state index in [1.54, 1.807) is 6.07 Å². The lowest BCUT2D eigenvalue weighted by Crippen LogP contribution is -2.13. The molecule has 1 amide bonds. The van der Waals surface area contributed by atoms with Crippen molar-refractivity contribution in [1.29, 1.82) is 0 Å². The Morgan fingerprint density at radius 2 is 1.86 bits per heavy atom. The van der Waals surface area contributed by atoms with Crippen molar-refractivity contribution in [2.24, 2.45) is 0 Å². The van der Waals surface area contributed by atoms with Gasteiger partial charge in [0.05, 0.1) is 11.1 Å². The number of rotatable bonds is 3. The van der Waals surface area contributed by atoms with Crippen LogP contribution in [-0.4, -0.2) is 22.0 Å². The molecule has 5 nitrogen and oxygen atoms in total. The average Bonchev–Trinajstić information content (AvgIpc) is 2.40. The van der Waals surface area contributed by atoms with Crippen molar-refractivity contribution in [3.8, 4) is 0 Å². The van der Waals surface area contributed by atoms with Gasteiger partial charge in [0.2, 0.25) is 0 Å². The lowest BCUT2D eigenvalue weighted by Gasteiger charge is -2.08.